The maximum Gasteiger partial charge on any atom is 0.143 e. The summed E-state index contributed by atoms with van der Waals surface area (Å²) in [6.45, 7) is 17.4. The van der Waals surface area contributed by atoms with Crippen LogP contribution >= 0.6 is 0 Å². The first-order valence-electron chi connectivity index (χ1n) is 7.68. The average Bonchev–Trinajstić information content (AvgIpc) is 2.68. The largest absolute Gasteiger partial charge is 0.299 e. The van der Waals surface area contributed by atoms with Crippen molar-refractivity contribution >= 4 is 11.6 Å². The number of nitrogens with zero attached hydrogens (tertiary/aromatic N) is 1. The first kappa shape index (κ1) is 17.4. The summed E-state index contributed by atoms with van der Waals surface area (Å²) >= 11 is 0. The zero-order valence-corrected chi connectivity index (χ0v) is 14.4. The van der Waals surface area contributed by atoms with E-state index >= 15 is 0 Å². The number of Topliss-reactive ketones (excluding diaryl/α,β-unsaturated/α-hetero) is 2. The van der Waals surface area contributed by atoms with Crippen molar-refractivity contribution < 1.29 is 9.59 Å². The molecule has 1 fully saturated rings. The van der Waals surface area contributed by atoms with Crippen molar-refractivity contribution in [3.63, 3.8) is 0 Å². The Balaban J connectivity index is 3.05. The summed E-state index contributed by atoms with van der Waals surface area (Å²) in [6.07, 6.45) is 0. The molecular weight excluding hydrogens is 250 g/mol. The third-order valence-corrected chi connectivity index (χ3v) is 4.23. The van der Waals surface area contributed by atoms with Crippen molar-refractivity contribution in [1.29, 1.82) is 0 Å². The van der Waals surface area contributed by atoms with Crippen LogP contribution in [-0.2, 0) is 9.59 Å². The number of hydrogen-bond acceptors (Lipinski definition) is 3. The van der Waals surface area contributed by atoms with Gasteiger partial charge in [0.25, 0.3) is 0 Å². The first-order valence-corrected chi connectivity index (χ1v) is 7.68. The van der Waals surface area contributed by atoms with E-state index in [0.29, 0.717) is 6.04 Å². The maximum absolute atomic E-state index is 12.7. The van der Waals surface area contributed by atoms with Crippen molar-refractivity contribution in [2.75, 3.05) is 13.1 Å². The zero-order valence-electron chi connectivity index (χ0n) is 14.4. The Kier molecular flexibility index (Phi) is 4.85. The number of ketones is 2. The van der Waals surface area contributed by atoms with Gasteiger partial charge < -0.3 is 0 Å². The normalized spacial score (nSPS) is 25.2. The molecule has 0 bridgehead atoms. The molecule has 2 atom stereocenters. The van der Waals surface area contributed by atoms with Crippen LogP contribution in [-0.4, -0.2) is 35.6 Å². The van der Waals surface area contributed by atoms with Gasteiger partial charge in [-0.05, 0) is 13.8 Å². The SMILES string of the molecule is CC(C)N1C[C@@H](C(=O)C(C)(C)C)[C@H](C(=O)C(C)(C)C)C1. The molecular formula is C17H31NO2. The lowest BCUT2D eigenvalue weighted by molar-refractivity contribution is -0.138. The maximum atomic E-state index is 12.7. The van der Waals surface area contributed by atoms with E-state index in [1.54, 1.807) is 0 Å². The van der Waals surface area contributed by atoms with E-state index in [4.69, 9.17) is 0 Å². The Bertz CT molecular complexity index is 351. The lowest BCUT2D eigenvalue weighted by atomic mass is 9.73. The number of carbonyl (C=O) groups is 2. The van der Waals surface area contributed by atoms with Crippen molar-refractivity contribution in [2.24, 2.45) is 22.7 Å². The Morgan fingerprint density at radius 1 is 0.850 bits per heavy atom. The molecule has 1 rings (SSSR count). The highest BCUT2D eigenvalue weighted by Gasteiger charge is 2.47. The van der Waals surface area contributed by atoms with Crippen molar-refractivity contribution in [3.8, 4) is 0 Å². The number of rotatable bonds is 3. The Labute approximate surface area is 124 Å². The van der Waals surface area contributed by atoms with E-state index < -0.39 is 0 Å². The molecule has 0 aromatic rings. The molecule has 20 heavy (non-hydrogen) atoms. The van der Waals surface area contributed by atoms with Crippen LogP contribution in [0.1, 0.15) is 55.4 Å². The minimum absolute atomic E-state index is 0.149. The van der Waals surface area contributed by atoms with Crippen molar-refractivity contribution in [1.82, 2.24) is 4.90 Å². The molecule has 116 valence electrons. The highest BCUT2D eigenvalue weighted by molar-refractivity contribution is 5.95. The molecule has 1 saturated heterocycles. The molecule has 0 saturated carbocycles. The van der Waals surface area contributed by atoms with E-state index in [-0.39, 0.29) is 34.2 Å². The number of carbonyl (C=O) groups excluding carboxylic acids is 2. The second kappa shape index (κ2) is 5.59. The van der Waals surface area contributed by atoms with Crippen LogP contribution in [0.5, 0.6) is 0 Å². The molecule has 0 N–H and O–H groups in total. The molecule has 1 heterocycles. The standard InChI is InChI=1S/C17H31NO2/c1-11(2)18-9-12(14(19)16(3,4)5)13(10-18)15(20)17(6,7)8/h11-13H,9-10H2,1-8H3/t12-,13-/m1/s1. The van der Waals surface area contributed by atoms with Crippen LogP contribution in [0.2, 0.25) is 0 Å². The Hall–Kier alpha value is -0.700. The highest BCUT2D eigenvalue weighted by atomic mass is 16.1. The summed E-state index contributed by atoms with van der Waals surface area (Å²) in [5.41, 5.74) is -0.762. The molecule has 1 aliphatic heterocycles. The van der Waals surface area contributed by atoms with Crippen LogP contribution in [0.3, 0.4) is 0 Å². The molecule has 1 aliphatic rings. The van der Waals surface area contributed by atoms with Crippen LogP contribution < -0.4 is 0 Å². The van der Waals surface area contributed by atoms with Crippen LogP contribution in [0, 0.1) is 22.7 Å². The van der Waals surface area contributed by atoms with Gasteiger partial charge in [0, 0.05) is 41.8 Å². The van der Waals surface area contributed by atoms with Gasteiger partial charge in [-0.15, -0.1) is 0 Å². The van der Waals surface area contributed by atoms with Crippen LogP contribution in [0.25, 0.3) is 0 Å². The monoisotopic (exact) mass is 281 g/mol. The highest BCUT2D eigenvalue weighted by Crippen LogP contribution is 2.36. The average molecular weight is 281 g/mol. The topological polar surface area (TPSA) is 37.4 Å². The van der Waals surface area contributed by atoms with E-state index in [0.717, 1.165) is 13.1 Å². The summed E-state index contributed by atoms with van der Waals surface area (Å²) in [5.74, 6) is 0.153. The lowest BCUT2D eigenvalue weighted by Gasteiger charge is -2.28. The van der Waals surface area contributed by atoms with Gasteiger partial charge >= 0.3 is 0 Å². The zero-order chi connectivity index (χ0) is 15.9. The van der Waals surface area contributed by atoms with Gasteiger partial charge in [-0.1, -0.05) is 41.5 Å². The number of likely N-dealkylation sites (tertiary alicyclic amines) is 1. The molecule has 0 unspecified atom stereocenters. The van der Waals surface area contributed by atoms with E-state index in [1.807, 2.05) is 41.5 Å². The minimum Gasteiger partial charge on any atom is -0.299 e. The lowest BCUT2D eigenvalue weighted by Crippen LogP contribution is -2.39. The van der Waals surface area contributed by atoms with Gasteiger partial charge in [0.1, 0.15) is 11.6 Å². The fourth-order valence-electron chi connectivity index (χ4n) is 2.90. The van der Waals surface area contributed by atoms with Gasteiger partial charge in [-0.3, -0.25) is 14.5 Å². The summed E-state index contributed by atoms with van der Waals surface area (Å²) < 4.78 is 0. The minimum atomic E-state index is -0.381. The van der Waals surface area contributed by atoms with Gasteiger partial charge in [-0.2, -0.15) is 0 Å². The first-order chi connectivity index (χ1) is 8.85. The molecule has 0 amide bonds. The predicted molar refractivity (Wildman–Crippen MR) is 82.6 cm³/mol. The summed E-state index contributed by atoms with van der Waals surface area (Å²) in [6, 6.07) is 0.378. The van der Waals surface area contributed by atoms with Crippen LogP contribution in [0.15, 0.2) is 0 Å². The molecule has 0 aliphatic carbocycles. The summed E-state index contributed by atoms with van der Waals surface area (Å²) in [4.78, 5) is 27.7. The summed E-state index contributed by atoms with van der Waals surface area (Å²) in [7, 11) is 0. The molecule has 0 aromatic heterocycles. The molecule has 0 spiro atoms. The van der Waals surface area contributed by atoms with Gasteiger partial charge in [0.2, 0.25) is 0 Å². The van der Waals surface area contributed by atoms with E-state index in [1.165, 1.54) is 0 Å². The van der Waals surface area contributed by atoms with Gasteiger partial charge in [0.15, 0.2) is 0 Å². The molecule has 0 radical (unpaired) electrons. The van der Waals surface area contributed by atoms with E-state index in [2.05, 4.69) is 18.7 Å². The van der Waals surface area contributed by atoms with Crippen LogP contribution in [0.4, 0.5) is 0 Å². The molecule has 3 heteroatoms. The predicted octanol–water partition coefficient (Wildman–Crippen LogP) is 3.17. The smallest absolute Gasteiger partial charge is 0.143 e. The Morgan fingerprint density at radius 3 is 1.35 bits per heavy atom. The summed E-state index contributed by atoms with van der Waals surface area (Å²) in [5, 5.41) is 0. The quantitative estimate of drug-likeness (QED) is 0.797. The Morgan fingerprint density at radius 2 is 1.15 bits per heavy atom. The van der Waals surface area contributed by atoms with E-state index in [9.17, 15) is 9.59 Å². The third kappa shape index (κ3) is 3.69. The molecule has 0 aromatic carbocycles. The van der Waals surface area contributed by atoms with Gasteiger partial charge in [0.05, 0.1) is 0 Å². The van der Waals surface area contributed by atoms with Gasteiger partial charge in [-0.25, -0.2) is 0 Å². The number of hydrogen-bond donors (Lipinski definition) is 0. The second-order valence-corrected chi connectivity index (χ2v) is 8.49. The fourth-order valence-corrected chi connectivity index (χ4v) is 2.90. The third-order valence-electron chi connectivity index (χ3n) is 4.23. The molecule has 3 nitrogen and oxygen atoms in total. The van der Waals surface area contributed by atoms with Crippen molar-refractivity contribution in [3.05, 3.63) is 0 Å². The van der Waals surface area contributed by atoms with Crippen molar-refractivity contribution in [2.45, 2.75) is 61.4 Å². The fraction of sp³-hybridized carbons (Fsp3) is 0.882. The second-order valence-electron chi connectivity index (χ2n) is 8.49.